The Kier molecular flexibility index (Phi) is 8.69. The third-order valence-corrected chi connectivity index (χ3v) is 5.04. The van der Waals surface area contributed by atoms with Gasteiger partial charge >= 0.3 is 0 Å². The molecule has 0 radical (unpaired) electrons. The smallest absolute Gasteiger partial charge is 0.193 e. The van der Waals surface area contributed by atoms with Crippen molar-refractivity contribution in [1.29, 1.82) is 0 Å². The van der Waals surface area contributed by atoms with Crippen molar-refractivity contribution in [2.75, 3.05) is 39.4 Å². The zero-order chi connectivity index (χ0) is 17.5. The van der Waals surface area contributed by atoms with Crippen molar-refractivity contribution in [1.82, 2.24) is 10.2 Å². The largest absolute Gasteiger partial charge is 0.469 e. The number of hydrogen-bond donors (Lipinski definition) is 1. The van der Waals surface area contributed by atoms with Crippen LogP contribution in [0.3, 0.4) is 0 Å². The second-order valence-electron chi connectivity index (χ2n) is 6.96. The maximum Gasteiger partial charge on any atom is 0.193 e. The molecule has 3 heterocycles. The lowest BCUT2D eigenvalue weighted by molar-refractivity contribution is -0.189. The van der Waals surface area contributed by atoms with Gasteiger partial charge in [0.15, 0.2) is 11.7 Å². The Bertz CT molecular complexity index is 544. The molecule has 2 fully saturated rings. The second kappa shape index (κ2) is 10.5. The van der Waals surface area contributed by atoms with Gasteiger partial charge in [-0.15, -0.1) is 24.0 Å². The Labute approximate surface area is 173 Å². The molecule has 2 aliphatic rings. The van der Waals surface area contributed by atoms with Crippen molar-refractivity contribution in [3.05, 3.63) is 24.2 Å². The predicted molar refractivity (Wildman–Crippen MR) is 113 cm³/mol. The summed E-state index contributed by atoms with van der Waals surface area (Å²) in [5, 5.41) is 3.52. The molecule has 3 rings (SSSR count). The molecular formula is C19H32IN3O3. The molecule has 1 N–H and O–H groups in total. The van der Waals surface area contributed by atoms with Gasteiger partial charge in [-0.1, -0.05) is 6.92 Å². The highest BCUT2D eigenvalue weighted by Gasteiger charge is 2.42. The summed E-state index contributed by atoms with van der Waals surface area (Å²) in [4.78, 5) is 7.15. The summed E-state index contributed by atoms with van der Waals surface area (Å²) in [7, 11) is 0. The fourth-order valence-electron chi connectivity index (χ4n) is 3.60. The van der Waals surface area contributed by atoms with E-state index in [1.165, 1.54) is 0 Å². The van der Waals surface area contributed by atoms with E-state index in [1.807, 2.05) is 12.1 Å². The van der Waals surface area contributed by atoms with Crippen molar-refractivity contribution in [3.8, 4) is 0 Å². The molecule has 0 aromatic carbocycles. The van der Waals surface area contributed by atoms with Gasteiger partial charge in [-0.05, 0) is 38.3 Å². The van der Waals surface area contributed by atoms with Crippen LogP contribution in [0.25, 0.3) is 0 Å². The SMILES string of the molecule is CCCN=C(NCCc1ccco1)N1CCCC(C2(C)OCCO2)C1.I. The molecule has 1 atom stereocenters. The van der Waals surface area contributed by atoms with Crippen LogP contribution in [-0.4, -0.2) is 56.0 Å². The number of guanidine groups is 1. The Balaban J connectivity index is 0.00000243. The summed E-state index contributed by atoms with van der Waals surface area (Å²) < 4.78 is 17.2. The monoisotopic (exact) mass is 477 g/mol. The van der Waals surface area contributed by atoms with Gasteiger partial charge in [-0.2, -0.15) is 0 Å². The van der Waals surface area contributed by atoms with E-state index in [9.17, 15) is 0 Å². The molecule has 0 amide bonds. The van der Waals surface area contributed by atoms with Crippen molar-refractivity contribution in [2.24, 2.45) is 10.9 Å². The topological polar surface area (TPSA) is 59.2 Å². The minimum atomic E-state index is -0.442. The predicted octanol–water partition coefficient (Wildman–Crippen LogP) is 3.27. The zero-order valence-electron chi connectivity index (χ0n) is 15.9. The first-order valence-electron chi connectivity index (χ1n) is 9.55. The molecule has 7 heteroatoms. The van der Waals surface area contributed by atoms with Gasteiger partial charge in [0.05, 0.1) is 19.5 Å². The quantitative estimate of drug-likeness (QED) is 0.387. The van der Waals surface area contributed by atoms with Gasteiger partial charge in [0, 0.05) is 38.5 Å². The van der Waals surface area contributed by atoms with E-state index >= 15 is 0 Å². The van der Waals surface area contributed by atoms with Crippen LogP contribution in [0.1, 0.15) is 38.9 Å². The first kappa shape index (κ1) is 21.5. The van der Waals surface area contributed by atoms with E-state index in [-0.39, 0.29) is 24.0 Å². The number of halogens is 1. The molecule has 0 bridgehead atoms. The molecule has 2 saturated heterocycles. The van der Waals surface area contributed by atoms with Gasteiger partial charge in [0.1, 0.15) is 5.76 Å². The number of rotatable bonds is 6. The highest BCUT2D eigenvalue weighted by molar-refractivity contribution is 14.0. The minimum Gasteiger partial charge on any atom is -0.469 e. The molecule has 6 nitrogen and oxygen atoms in total. The van der Waals surface area contributed by atoms with Gasteiger partial charge in [-0.3, -0.25) is 4.99 Å². The molecule has 0 spiro atoms. The standard InChI is InChI=1S/C19H31N3O3.HI/c1-3-9-20-18(21-10-8-17-7-5-12-23-17)22-11-4-6-16(15-22)19(2)24-13-14-25-19;/h5,7,12,16H,3-4,6,8-11,13-15H2,1-2H3,(H,20,21);1H. The molecule has 1 aromatic rings. The summed E-state index contributed by atoms with van der Waals surface area (Å²) >= 11 is 0. The summed E-state index contributed by atoms with van der Waals surface area (Å²) in [6, 6.07) is 3.94. The summed E-state index contributed by atoms with van der Waals surface area (Å²) in [6.45, 7) is 9.26. The van der Waals surface area contributed by atoms with E-state index in [2.05, 4.69) is 24.1 Å². The molecule has 1 aromatic heterocycles. The lowest BCUT2D eigenvalue weighted by atomic mass is 9.90. The van der Waals surface area contributed by atoms with Crippen LogP contribution in [-0.2, 0) is 15.9 Å². The van der Waals surface area contributed by atoms with Crippen LogP contribution >= 0.6 is 24.0 Å². The Morgan fingerprint density at radius 1 is 1.38 bits per heavy atom. The number of nitrogens with zero attached hydrogens (tertiary/aromatic N) is 2. The Morgan fingerprint density at radius 2 is 2.19 bits per heavy atom. The van der Waals surface area contributed by atoms with Crippen LogP contribution in [0.2, 0.25) is 0 Å². The number of nitrogens with one attached hydrogen (secondary N) is 1. The average Bonchev–Trinajstić information content (AvgIpc) is 3.30. The van der Waals surface area contributed by atoms with Crippen molar-refractivity contribution in [3.63, 3.8) is 0 Å². The summed E-state index contributed by atoms with van der Waals surface area (Å²) in [6.07, 6.45) is 5.90. The zero-order valence-corrected chi connectivity index (χ0v) is 18.2. The van der Waals surface area contributed by atoms with Gasteiger partial charge < -0.3 is 24.1 Å². The molecule has 2 aliphatic heterocycles. The van der Waals surface area contributed by atoms with Crippen LogP contribution in [0.5, 0.6) is 0 Å². The third-order valence-electron chi connectivity index (χ3n) is 5.04. The summed E-state index contributed by atoms with van der Waals surface area (Å²) in [5.41, 5.74) is 0. The van der Waals surface area contributed by atoms with Crippen molar-refractivity contribution < 1.29 is 13.9 Å². The normalized spacial score (nSPS) is 22.9. The number of piperidine rings is 1. The average molecular weight is 477 g/mol. The molecule has 26 heavy (non-hydrogen) atoms. The minimum absolute atomic E-state index is 0. The second-order valence-corrected chi connectivity index (χ2v) is 6.96. The Hall–Kier alpha value is -0.800. The van der Waals surface area contributed by atoms with Gasteiger partial charge in [0.2, 0.25) is 0 Å². The summed E-state index contributed by atoms with van der Waals surface area (Å²) in [5.74, 6) is 1.93. The van der Waals surface area contributed by atoms with Crippen LogP contribution in [0, 0.1) is 5.92 Å². The number of ether oxygens (including phenoxy) is 2. The van der Waals surface area contributed by atoms with Crippen molar-refractivity contribution >= 4 is 29.9 Å². The highest BCUT2D eigenvalue weighted by Crippen LogP contribution is 2.34. The first-order valence-corrected chi connectivity index (χ1v) is 9.55. The lowest BCUT2D eigenvalue weighted by Gasteiger charge is -2.41. The van der Waals surface area contributed by atoms with E-state index in [1.54, 1.807) is 6.26 Å². The number of furan rings is 1. The van der Waals surface area contributed by atoms with Crippen LogP contribution in [0.4, 0.5) is 0 Å². The highest BCUT2D eigenvalue weighted by atomic mass is 127. The Morgan fingerprint density at radius 3 is 2.88 bits per heavy atom. The molecular weight excluding hydrogens is 445 g/mol. The molecule has 148 valence electrons. The number of aliphatic imine (C=N–C) groups is 1. The molecule has 0 aliphatic carbocycles. The maximum atomic E-state index is 5.90. The maximum absolute atomic E-state index is 5.90. The van der Waals surface area contributed by atoms with Crippen LogP contribution in [0.15, 0.2) is 27.8 Å². The fourth-order valence-corrected chi connectivity index (χ4v) is 3.60. The van der Waals surface area contributed by atoms with Gasteiger partial charge in [0.25, 0.3) is 0 Å². The molecule has 0 saturated carbocycles. The first-order chi connectivity index (χ1) is 12.2. The van der Waals surface area contributed by atoms with Crippen LogP contribution < -0.4 is 5.32 Å². The molecule has 1 unspecified atom stereocenters. The fraction of sp³-hybridized carbons (Fsp3) is 0.737. The van der Waals surface area contributed by atoms with E-state index in [0.29, 0.717) is 19.1 Å². The van der Waals surface area contributed by atoms with E-state index in [0.717, 1.165) is 63.6 Å². The van der Waals surface area contributed by atoms with E-state index < -0.39 is 5.79 Å². The van der Waals surface area contributed by atoms with Crippen molar-refractivity contribution in [2.45, 2.75) is 45.3 Å². The number of likely N-dealkylation sites (tertiary alicyclic amines) is 1. The number of hydrogen-bond acceptors (Lipinski definition) is 4. The lowest BCUT2D eigenvalue weighted by Crippen LogP contribution is -2.52. The van der Waals surface area contributed by atoms with E-state index in [4.69, 9.17) is 18.9 Å². The third kappa shape index (κ3) is 5.60. The van der Waals surface area contributed by atoms with Gasteiger partial charge in [-0.25, -0.2) is 0 Å².